The first kappa shape index (κ1) is 17.0. The van der Waals surface area contributed by atoms with E-state index in [0.29, 0.717) is 0 Å². The maximum absolute atomic E-state index is 5.59. The number of aromatic nitrogens is 4. The highest BCUT2D eigenvalue weighted by atomic mass is 16.5. The van der Waals surface area contributed by atoms with Gasteiger partial charge in [-0.25, -0.2) is 9.67 Å². The van der Waals surface area contributed by atoms with Crippen LogP contribution in [0.15, 0.2) is 48.5 Å². The van der Waals surface area contributed by atoms with Gasteiger partial charge in [-0.1, -0.05) is 24.3 Å². The quantitative estimate of drug-likeness (QED) is 0.592. The Labute approximate surface area is 163 Å². The number of fused-ring (bicyclic) bond motifs is 1. The van der Waals surface area contributed by atoms with Gasteiger partial charge in [-0.15, -0.1) is 0 Å². The Morgan fingerprint density at radius 3 is 2.57 bits per heavy atom. The standard InChI is InChI=1S/C22H23N5O/c1-15-8-9-18-19(14-15)24-21(23-18)20-16(2)25-27(17-6-4-3-5-7-17)22(20)26-10-12-28-13-11-26/h3-9,14H,10-13H2,1-2H3,(H,23,24). The van der Waals surface area contributed by atoms with Crippen molar-refractivity contribution in [3.8, 4) is 17.1 Å². The molecule has 0 radical (unpaired) electrons. The van der Waals surface area contributed by atoms with Crippen LogP contribution in [0.3, 0.4) is 0 Å². The molecule has 2 aromatic heterocycles. The zero-order valence-corrected chi connectivity index (χ0v) is 16.1. The number of benzene rings is 2. The van der Waals surface area contributed by atoms with Crippen LogP contribution in [0.5, 0.6) is 0 Å². The molecule has 4 aromatic rings. The van der Waals surface area contributed by atoms with Crippen molar-refractivity contribution in [2.45, 2.75) is 13.8 Å². The largest absolute Gasteiger partial charge is 0.378 e. The number of hydrogen-bond acceptors (Lipinski definition) is 4. The second-order valence-corrected chi connectivity index (χ2v) is 7.24. The zero-order chi connectivity index (χ0) is 19.1. The van der Waals surface area contributed by atoms with Crippen molar-refractivity contribution in [2.75, 3.05) is 31.2 Å². The van der Waals surface area contributed by atoms with Gasteiger partial charge in [0.1, 0.15) is 11.6 Å². The predicted octanol–water partition coefficient (Wildman–Crippen LogP) is 3.87. The topological polar surface area (TPSA) is 59.0 Å². The molecule has 142 valence electrons. The highest BCUT2D eigenvalue weighted by Crippen LogP contribution is 2.35. The summed E-state index contributed by atoms with van der Waals surface area (Å²) < 4.78 is 7.62. The van der Waals surface area contributed by atoms with Gasteiger partial charge in [0, 0.05) is 13.1 Å². The SMILES string of the molecule is Cc1ccc2nc(-c3c(C)nn(-c4ccccc4)c3N3CCOCC3)[nH]c2c1. The summed E-state index contributed by atoms with van der Waals surface area (Å²) >= 11 is 0. The molecule has 28 heavy (non-hydrogen) atoms. The molecule has 0 bridgehead atoms. The lowest BCUT2D eigenvalue weighted by atomic mass is 10.2. The summed E-state index contributed by atoms with van der Waals surface area (Å²) in [5.41, 5.74) is 6.30. The summed E-state index contributed by atoms with van der Waals surface area (Å²) in [5.74, 6) is 1.93. The average Bonchev–Trinajstić information content (AvgIpc) is 3.29. The maximum atomic E-state index is 5.59. The Kier molecular flexibility index (Phi) is 4.13. The van der Waals surface area contributed by atoms with Crippen LogP contribution < -0.4 is 4.90 Å². The molecule has 1 N–H and O–H groups in total. The van der Waals surface area contributed by atoms with Gasteiger partial charge in [-0.05, 0) is 43.7 Å². The molecule has 0 amide bonds. The summed E-state index contributed by atoms with van der Waals surface area (Å²) in [5, 5.41) is 4.89. The molecule has 0 spiro atoms. The number of para-hydroxylation sites is 1. The van der Waals surface area contributed by atoms with Gasteiger partial charge < -0.3 is 14.6 Å². The minimum atomic E-state index is 0.720. The van der Waals surface area contributed by atoms with Crippen LogP contribution in [-0.2, 0) is 4.74 Å². The van der Waals surface area contributed by atoms with E-state index in [1.807, 2.05) is 22.9 Å². The molecule has 0 saturated carbocycles. The highest BCUT2D eigenvalue weighted by molar-refractivity contribution is 5.84. The van der Waals surface area contributed by atoms with Crippen LogP contribution in [0.4, 0.5) is 5.82 Å². The molecule has 0 aliphatic carbocycles. The minimum Gasteiger partial charge on any atom is -0.378 e. The van der Waals surface area contributed by atoms with Gasteiger partial charge in [0.15, 0.2) is 0 Å². The van der Waals surface area contributed by atoms with E-state index in [1.165, 1.54) is 5.56 Å². The summed E-state index contributed by atoms with van der Waals surface area (Å²) in [6, 6.07) is 16.6. The predicted molar refractivity (Wildman–Crippen MR) is 111 cm³/mol. The first-order valence-electron chi connectivity index (χ1n) is 9.65. The number of ether oxygens (including phenoxy) is 1. The normalized spacial score (nSPS) is 14.7. The van der Waals surface area contributed by atoms with Crippen LogP contribution in [0.25, 0.3) is 28.1 Å². The average molecular weight is 373 g/mol. The molecule has 1 aliphatic heterocycles. The third-order valence-electron chi connectivity index (χ3n) is 5.22. The first-order valence-corrected chi connectivity index (χ1v) is 9.65. The zero-order valence-electron chi connectivity index (χ0n) is 16.1. The van der Waals surface area contributed by atoms with Crippen LogP contribution in [0.2, 0.25) is 0 Å². The molecule has 0 unspecified atom stereocenters. The van der Waals surface area contributed by atoms with Crippen molar-refractivity contribution >= 4 is 16.9 Å². The van der Waals surface area contributed by atoms with Crippen molar-refractivity contribution in [3.63, 3.8) is 0 Å². The van der Waals surface area contributed by atoms with E-state index in [2.05, 4.69) is 54.1 Å². The van der Waals surface area contributed by atoms with E-state index in [9.17, 15) is 0 Å². The van der Waals surface area contributed by atoms with Crippen LogP contribution in [-0.4, -0.2) is 46.1 Å². The van der Waals surface area contributed by atoms with Crippen LogP contribution >= 0.6 is 0 Å². The molecule has 2 aromatic carbocycles. The second kappa shape index (κ2) is 6.80. The van der Waals surface area contributed by atoms with Crippen molar-refractivity contribution in [3.05, 3.63) is 59.8 Å². The number of imidazole rings is 1. The number of aromatic amines is 1. The van der Waals surface area contributed by atoms with Gasteiger partial charge in [0.05, 0.1) is 41.2 Å². The number of H-pyrrole nitrogens is 1. The summed E-state index contributed by atoms with van der Waals surface area (Å²) in [7, 11) is 0. The van der Waals surface area contributed by atoms with E-state index < -0.39 is 0 Å². The molecule has 0 atom stereocenters. The molecule has 1 aliphatic rings. The third-order valence-corrected chi connectivity index (χ3v) is 5.22. The van der Waals surface area contributed by atoms with Gasteiger partial charge in [0.2, 0.25) is 0 Å². The Morgan fingerprint density at radius 1 is 1.00 bits per heavy atom. The molecule has 5 rings (SSSR count). The number of anilines is 1. The number of nitrogens with one attached hydrogen (secondary N) is 1. The molecule has 6 heteroatoms. The van der Waals surface area contributed by atoms with Gasteiger partial charge in [0.25, 0.3) is 0 Å². The number of rotatable bonds is 3. The van der Waals surface area contributed by atoms with E-state index in [1.54, 1.807) is 0 Å². The van der Waals surface area contributed by atoms with Crippen LogP contribution in [0.1, 0.15) is 11.3 Å². The number of morpholine rings is 1. The molecule has 1 fully saturated rings. The molecular weight excluding hydrogens is 350 g/mol. The number of hydrogen-bond donors (Lipinski definition) is 1. The maximum Gasteiger partial charge on any atom is 0.144 e. The lowest BCUT2D eigenvalue weighted by molar-refractivity contribution is 0.122. The summed E-state index contributed by atoms with van der Waals surface area (Å²) in [6.07, 6.45) is 0. The highest BCUT2D eigenvalue weighted by Gasteiger charge is 2.26. The summed E-state index contributed by atoms with van der Waals surface area (Å²) in [6.45, 7) is 7.26. The molecule has 3 heterocycles. The lowest BCUT2D eigenvalue weighted by Gasteiger charge is -2.30. The van der Waals surface area contributed by atoms with E-state index in [-0.39, 0.29) is 0 Å². The van der Waals surface area contributed by atoms with E-state index >= 15 is 0 Å². The first-order chi connectivity index (χ1) is 13.7. The van der Waals surface area contributed by atoms with Crippen molar-refractivity contribution in [1.29, 1.82) is 0 Å². The van der Waals surface area contributed by atoms with Crippen molar-refractivity contribution < 1.29 is 4.74 Å². The van der Waals surface area contributed by atoms with Gasteiger partial charge >= 0.3 is 0 Å². The fourth-order valence-corrected chi connectivity index (χ4v) is 3.85. The third kappa shape index (κ3) is 2.86. The van der Waals surface area contributed by atoms with E-state index in [4.69, 9.17) is 14.8 Å². The number of aryl methyl sites for hydroxylation is 2. The van der Waals surface area contributed by atoms with Crippen molar-refractivity contribution in [2.24, 2.45) is 0 Å². The monoisotopic (exact) mass is 373 g/mol. The van der Waals surface area contributed by atoms with Gasteiger partial charge in [-0.3, -0.25) is 0 Å². The smallest absolute Gasteiger partial charge is 0.144 e. The Morgan fingerprint density at radius 2 is 1.79 bits per heavy atom. The van der Waals surface area contributed by atoms with Crippen LogP contribution in [0, 0.1) is 13.8 Å². The Bertz CT molecular complexity index is 1120. The van der Waals surface area contributed by atoms with Gasteiger partial charge in [-0.2, -0.15) is 5.10 Å². The Hall–Kier alpha value is -3.12. The molecular formula is C22H23N5O. The second-order valence-electron chi connectivity index (χ2n) is 7.24. The van der Waals surface area contributed by atoms with E-state index in [0.717, 1.165) is 65.9 Å². The summed E-state index contributed by atoms with van der Waals surface area (Å²) in [4.78, 5) is 10.7. The van der Waals surface area contributed by atoms with Crippen molar-refractivity contribution in [1.82, 2.24) is 19.7 Å². The molecule has 1 saturated heterocycles. The fraction of sp³-hybridized carbons (Fsp3) is 0.273. The fourth-order valence-electron chi connectivity index (χ4n) is 3.85. The lowest BCUT2D eigenvalue weighted by Crippen LogP contribution is -2.37. The number of nitrogens with zero attached hydrogens (tertiary/aromatic N) is 4. The minimum absolute atomic E-state index is 0.720. The molecule has 6 nitrogen and oxygen atoms in total. The Balaban J connectivity index is 1.72.